The fraction of sp³-hybridized carbons (Fsp3) is 0.600. The zero-order chi connectivity index (χ0) is 16.8. The van der Waals surface area contributed by atoms with Crippen LogP contribution in [0.2, 0.25) is 0 Å². The van der Waals surface area contributed by atoms with E-state index in [2.05, 4.69) is 26.1 Å². The van der Waals surface area contributed by atoms with Crippen molar-refractivity contribution >= 4 is 21.6 Å². The summed E-state index contributed by atoms with van der Waals surface area (Å²) in [7, 11) is 3.00. The van der Waals surface area contributed by atoms with Gasteiger partial charge in [-0.2, -0.15) is 0 Å². The molecule has 1 aromatic rings. The van der Waals surface area contributed by atoms with E-state index in [4.69, 9.17) is 9.47 Å². The summed E-state index contributed by atoms with van der Waals surface area (Å²) in [5, 5.41) is 14.8. The number of methoxy groups -OCH3 is 2. The van der Waals surface area contributed by atoms with E-state index in [-0.39, 0.29) is 10.6 Å². The van der Waals surface area contributed by atoms with Gasteiger partial charge in [0.2, 0.25) is 0 Å². The fourth-order valence-corrected chi connectivity index (χ4v) is 3.56. The first kappa shape index (κ1) is 18.0. The first-order valence-electron chi connectivity index (χ1n) is 7.59. The lowest BCUT2D eigenvalue weighted by atomic mass is 10.1. The molecule has 128 valence electrons. The highest BCUT2D eigenvalue weighted by Gasteiger charge is 2.26. The van der Waals surface area contributed by atoms with Gasteiger partial charge in [-0.15, -0.1) is 0 Å². The smallest absolute Gasteiger partial charge is 0.290 e. The molecular weight excluding hydrogens is 366 g/mol. The second-order valence-corrected chi connectivity index (χ2v) is 6.18. The quantitative estimate of drug-likeness (QED) is 0.570. The van der Waals surface area contributed by atoms with Gasteiger partial charge in [-0.3, -0.25) is 10.1 Å². The van der Waals surface area contributed by atoms with Gasteiger partial charge in [0.05, 0.1) is 19.1 Å². The molecule has 0 spiro atoms. The molecule has 2 rings (SSSR count). The molecule has 0 saturated carbocycles. The minimum atomic E-state index is -0.369. The predicted molar refractivity (Wildman–Crippen MR) is 91.5 cm³/mol. The zero-order valence-corrected chi connectivity index (χ0v) is 15.0. The Bertz CT molecular complexity index is 562. The largest absolute Gasteiger partial charge is 0.493 e. The average Bonchev–Trinajstić information content (AvgIpc) is 2.55. The average molecular weight is 388 g/mol. The number of aryl methyl sites for hydroxylation is 1. The van der Waals surface area contributed by atoms with Gasteiger partial charge in [-0.25, -0.2) is 0 Å². The molecule has 0 atom stereocenters. The molecule has 0 bridgehead atoms. The Morgan fingerprint density at radius 1 is 1.35 bits per heavy atom. The number of hydrogen-bond acceptors (Lipinski definition) is 6. The van der Waals surface area contributed by atoms with Crippen LogP contribution in [-0.4, -0.2) is 56.8 Å². The lowest BCUT2D eigenvalue weighted by Crippen LogP contribution is -2.43. The lowest BCUT2D eigenvalue weighted by Gasteiger charge is -2.27. The number of nitrogens with one attached hydrogen (secondary N) is 1. The van der Waals surface area contributed by atoms with Crippen molar-refractivity contribution in [2.75, 3.05) is 46.9 Å². The normalized spacial score (nSPS) is 15.4. The van der Waals surface area contributed by atoms with Crippen LogP contribution in [0.15, 0.2) is 10.5 Å². The predicted octanol–water partition coefficient (Wildman–Crippen LogP) is 2.21. The molecule has 1 heterocycles. The standard InChI is InChI=1S/C15H22BrN3O4/c1-22-12-10-11(4-3-7-18-8-5-17-6-9-18)14(19(20)21)13(16)15(12)23-2/h10,17H,3-9H2,1-2H3. The van der Waals surface area contributed by atoms with Crippen LogP contribution in [0.4, 0.5) is 5.69 Å². The topological polar surface area (TPSA) is 76.9 Å². The third-order valence-corrected chi connectivity index (χ3v) is 4.71. The Morgan fingerprint density at radius 3 is 2.61 bits per heavy atom. The van der Waals surface area contributed by atoms with Crippen molar-refractivity contribution in [2.45, 2.75) is 12.8 Å². The van der Waals surface area contributed by atoms with E-state index < -0.39 is 0 Å². The van der Waals surface area contributed by atoms with Crippen LogP contribution in [0.25, 0.3) is 0 Å². The van der Waals surface area contributed by atoms with Crippen molar-refractivity contribution in [3.8, 4) is 11.5 Å². The summed E-state index contributed by atoms with van der Waals surface area (Å²) in [5.74, 6) is 0.854. The third-order valence-electron chi connectivity index (χ3n) is 3.98. The Hall–Kier alpha value is -1.38. The van der Waals surface area contributed by atoms with Gasteiger partial charge in [0.1, 0.15) is 4.47 Å². The molecule has 1 aliphatic heterocycles. The molecule has 0 radical (unpaired) electrons. The molecule has 1 aliphatic rings. The fourth-order valence-electron chi connectivity index (χ4n) is 2.81. The summed E-state index contributed by atoms with van der Waals surface area (Å²) in [4.78, 5) is 13.4. The second-order valence-electron chi connectivity index (χ2n) is 5.39. The Kier molecular flexibility index (Phi) is 6.61. The van der Waals surface area contributed by atoms with Gasteiger partial charge < -0.3 is 19.7 Å². The zero-order valence-electron chi connectivity index (χ0n) is 13.4. The number of rotatable bonds is 7. The van der Waals surface area contributed by atoms with Crippen LogP contribution in [0.1, 0.15) is 12.0 Å². The van der Waals surface area contributed by atoms with E-state index >= 15 is 0 Å². The maximum absolute atomic E-state index is 11.4. The van der Waals surface area contributed by atoms with E-state index in [1.807, 2.05) is 0 Å². The Balaban J connectivity index is 2.15. The number of halogens is 1. The first-order chi connectivity index (χ1) is 11.1. The molecule has 0 aliphatic carbocycles. The van der Waals surface area contributed by atoms with Crippen molar-refractivity contribution in [3.05, 3.63) is 26.2 Å². The SMILES string of the molecule is COc1cc(CCCN2CCNCC2)c([N+](=O)[O-])c(Br)c1OC. The van der Waals surface area contributed by atoms with Gasteiger partial charge >= 0.3 is 0 Å². The lowest BCUT2D eigenvalue weighted by molar-refractivity contribution is -0.386. The van der Waals surface area contributed by atoms with E-state index in [0.717, 1.165) is 39.1 Å². The molecule has 23 heavy (non-hydrogen) atoms. The highest BCUT2D eigenvalue weighted by molar-refractivity contribution is 9.10. The third kappa shape index (κ3) is 4.33. The van der Waals surface area contributed by atoms with Gasteiger partial charge in [0, 0.05) is 31.7 Å². The number of piperazine rings is 1. The number of benzene rings is 1. The minimum absolute atomic E-state index is 0.0583. The van der Waals surface area contributed by atoms with E-state index in [1.165, 1.54) is 14.2 Å². The van der Waals surface area contributed by atoms with Crippen LogP contribution in [-0.2, 0) is 6.42 Å². The van der Waals surface area contributed by atoms with Crippen LogP contribution in [0.3, 0.4) is 0 Å². The summed E-state index contributed by atoms with van der Waals surface area (Å²) >= 11 is 3.29. The van der Waals surface area contributed by atoms with Crippen molar-refractivity contribution in [1.29, 1.82) is 0 Å². The molecule has 8 heteroatoms. The molecule has 1 aromatic carbocycles. The minimum Gasteiger partial charge on any atom is -0.493 e. The maximum atomic E-state index is 11.4. The van der Waals surface area contributed by atoms with Crippen LogP contribution in [0, 0.1) is 10.1 Å². The number of nitro benzene ring substituents is 1. The summed E-state index contributed by atoms with van der Waals surface area (Å²) < 4.78 is 10.8. The monoisotopic (exact) mass is 387 g/mol. The van der Waals surface area contributed by atoms with E-state index in [1.54, 1.807) is 6.07 Å². The Labute approximate surface area is 144 Å². The molecule has 1 fully saturated rings. The highest BCUT2D eigenvalue weighted by Crippen LogP contribution is 2.44. The summed E-state index contributed by atoms with van der Waals surface area (Å²) in [6, 6.07) is 1.71. The Morgan fingerprint density at radius 2 is 2.04 bits per heavy atom. The van der Waals surface area contributed by atoms with Gasteiger partial charge in [0.25, 0.3) is 5.69 Å². The van der Waals surface area contributed by atoms with Crippen molar-refractivity contribution in [3.63, 3.8) is 0 Å². The molecule has 0 amide bonds. The van der Waals surface area contributed by atoms with Crippen LogP contribution < -0.4 is 14.8 Å². The molecule has 0 unspecified atom stereocenters. The highest BCUT2D eigenvalue weighted by atomic mass is 79.9. The second kappa shape index (κ2) is 8.47. The summed E-state index contributed by atoms with van der Waals surface area (Å²) in [6.07, 6.45) is 1.49. The van der Waals surface area contributed by atoms with Crippen LogP contribution >= 0.6 is 15.9 Å². The van der Waals surface area contributed by atoms with Gasteiger partial charge in [-0.1, -0.05) is 0 Å². The van der Waals surface area contributed by atoms with Crippen LogP contribution in [0.5, 0.6) is 11.5 Å². The number of ether oxygens (including phenoxy) is 2. The van der Waals surface area contributed by atoms with E-state index in [9.17, 15) is 10.1 Å². The summed E-state index contributed by atoms with van der Waals surface area (Å²) in [6.45, 7) is 4.99. The van der Waals surface area contributed by atoms with Crippen molar-refractivity contribution in [1.82, 2.24) is 10.2 Å². The van der Waals surface area contributed by atoms with Gasteiger partial charge in [-0.05, 0) is 41.4 Å². The van der Waals surface area contributed by atoms with E-state index in [0.29, 0.717) is 28.0 Å². The number of hydrogen-bond donors (Lipinski definition) is 1. The van der Waals surface area contributed by atoms with Gasteiger partial charge in [0.15, 0.2) is 11.5 Å². The molecule has 1 saturated heterocycles. The molecule has 1 N–H and O–H groups in total. The number of nitrogens with zero attached hydrogens (tertiary/aromatic N) is 2. The summed E-state index contributed by atoms with van der Waals surface area (Å²) in [5.41, 5.74) is 0.720. The number of nitro groups is 1. The van der Waals surface area contributed by atoms with Crippen molar-refractivity contribution in [2.24, 2.45) is 0 Å². The maximum Gasteiger partial charge on any atom is 0.290 e. The molecule has 0 aromatic heterocycles. The van der Waals surface area contributed by atoms with Crippen molar-refractivity contribution < 1.29 is 14.4 Å². The molecule has 7 nitrogen and oxygen atoms in total. The first-order valence-corrected chi connectivity index (χ1v) is 8.38. The molecular formula is C15H22BrN3O4.